The molecule has 0 bridgehead atoms. The lowest BCUT2D eigenvalue weighted by atomic mass is 9.61. The van der Waals surface area contributed by atoms with Crippen molar-refractivity contribution in [3.63, 3.8) is 0 Å². The SMILES string of the molecule is CC.CC.CC1=C/C(C)C(c2ccccc2)(c2ccccc2)c2ccccc2C/C=C\1.Cc1ccc2c3ccccc3c3ccccc3c2c1.Cc1cccc(-c2cccc3c2C2(CCCC2)c2ccccc2-3)c1. The van der Waals surface area contributed by atoms with E-state index in [4.69, 9.17) is 0 Å². The van der Waals surface area contributed by atoms with Crippen LogP contribution in [-0.4, -0.2) is 0 Å². The minimum absolute atomic E-state index is 0.216. The van der Waals surface area contributed by atoms with Gasteiger partial charge in [-0.2, -0.15) is 0 Å². The molecule has 0 heterocycles. The van der Waals surface area contributed by atoms with Crippen LogP contribution in [0.2, 0.25) is 0 Å². The van der Waals surface area contributed by atoms with Gasteiger partial charge in [0.25, 0.3) is 0 Å². The summed E-state index contributed by atoms with van der Waals surface area (Å²) in [6.45, 7) is 16.9. The number of rotatable bonds is 3. The number of hydrogen-bond donors (Lipinski definition) is 0. The van der Waals surface area contributed by atoms with Crippen molar-refractivity contribution in [3.05, 3.63) is 287 Å². The van der Waals surface area contributed by atoms with Crippen molar-refractivity contribution in [2.45, 2.75) is 98.3 Å². The van der Waals surface area contributed by atoms with Crippen LogP contribution in [0.4, 0.5) is 0 Å². The molecule has 0 heteroatoms. The van der Waals surface area contributed by atoms with E-state index in [0.717, 1.165) is 6.42 Å². The van der Waals surface area contributed by atoms with Gasteiger partial charge < -0.3 is 0 Å². The Kier molecular flexibility index (Phi) is 16.0. The highest BCUT2D eigenvalue weighted by Gasteiger charge is 2.46. The lowest BCUT2D eigenvalue weighted by Crippen LogP contribution is -2.36. The number of aryl methyl sites for hydroxylation is 2. The molecule has 1 saturated carbocycles. The molecule has 3 aliphatic rings. The molecular weight excluding hydrogens is 889 g/mol. The number of allylic oxidation sites excluding steroid dienone is 4. The van der Waals surface area contributed by atoms with Crippen molar-refractivity contribution in [2.24, 2.45) is 5.92 Å². The maximum Gasteiger partial charge on any atom is 0.0514 e. The minimum atomic E-state index is -0.216. The van der Waals surface area contributed by atoms with Crippen molar-refractivity contribution in [3.8, 4) is 22.3 Å². The third kappa shape index (κ3) is 9.60. The normalized spacial score (nSPS) is 16.5. The molecule has 0 aromatic heterocycles. The second-order valence-corrected chi connectivity index (χ2v) is 20.1. The summed E-state index contributed by atoms with van der Waals surface area (Å²) in [4.78, 5) is 0. The molecule has 1 atom stereocenters. The van der Waals surface area contributed by atoms with E-state index in [1.54, 1.807) is 11.1 Å². The van der Waals surface area contributed by atoms with Crippen molar-refractivity contribution in [1.29, 1.82) is 0 Å². The monoisotopic (exact) mass is 963 g/mol. The van der Waals surface area contributed by atoms with E-state index in [1.165, 1.54) is 119 Å². The quantitative estimate of drug-likeness (QED) is 0.155. The zero-order valence-corrected chi connectivity index (χ0v) is 45.1. The van der Waals surface area contributed by atoms with Crippen LogP contribution in [-0.2, 0) is 17.3 Å². The fourth-order valence-corrected chi connectivity index (χ4v) is 12.8. The van der Waals surface area contributed by atoms with Gasteiger partial charge in [0.2, 0.25) is 0 Å². The van der Waals surface area contributed by atoms with Gasteiger partial charge in [0.15, 0.2) is 0 Å². The molecule has 0 aliphatic heterocycles. The van der Waals surface area contributed by atoms with Gasteiger partial charge in [-0.25, -0.2) is 0 Å². The van der Waals surface area contributed by atoms with Crippen LogP contribution >= 0.6 is 0 Å². The van der Waals surface area contributed by atoms with Crippen LogP contribution in [0.5, 0.6) is 0 Å². The molecule has 10 aromatic carbocycles. The van der Waals surface area contributed by atoms with Crippen LogP contribution in [0.3, 0.4) is 0 Å². The first kappa shape index (κ1) is 51.4. The van der Waals surface area contributed by atoms with E-state index in [9.17, 15) is 0 Å². The Balaban J connectivity index is 0.000000133. The first-order valence-corrected chi connectivity index (χ1v) is 27.5. The summed E-state index contributed by atoms with van der Waals surface area (Å²) in [5, 5.41) is 8.08. The van der Waals surface area contributed by atoms with E-state index in [0.29, 0.717) is 5.92 Å². The third-order valence-corrected chi connectivity index (χ3v) is 15.8. The Bertz CT molecular complexity index is 3490. The summed E-state index contributed by atoms with van der Waals surface area (Å²) < 4.78 is 0. The second kappa shape index (κ2) is 23.1. The second-order valence-electron chi connectivity index (χ2n) is 20.1. The van der Waals surface area contributed by atoms with Crippen LogP contribution in [0.15, 0.2) is 242 Å². The van der Waals surface area contributed by atoms with Crippen LogP contribution in [0.1, 0.15) is 112 Å². The van der Waals surface area contributed by atoms with E-state index in [2.05, 4.69) is 264 Å². The largest absolute Gasteiger partial charge is 0.0799 e. The molecule has 0 saturated heterocycles. The van der Waals surface area contributed by atoms with E-state index in [-0.39, 0.29) is 10.8 Å². The molecule has 10 aromatic rings. The summed E-state index contributed by atoms with van der Waals surface area (Å²) in [5.41, 5.74) is 18.4. The van der Waals surface area contributed by atoms with Gasteiger partial charge in [0, 0.05) is 5.41 Å². The Hall–Kier alpha value is -7.54. The maximum absolute atomic E-state index is 2.43. The molecule has 1 unspecified atom stereocenters. The minimum Gasteiger partial charge on any atom is -0.0799 e. The summed E-state index contributed by atoms with van der Waals surface area (Å²) in [6.07, 6.45) is 13.2. The highest BCUT2D eigenvalue weighted by molar-refractivity contribution is 6.25. The zero-order chi connectivity index (χ0) is 51.7. The van der Waals surface area contributed by atoms with Gasteiger partial charge in [0.05, 0.1) is 5.41 Å². The average molecular weight is 963 g/mol. The Labute approximate surface area is 443 Å². The Morgan fingerprint density at radius 2 is 0.892 bits per heavy atom. The number of hydrogen-bond acceptors (Lipinski definition) is 0. The molecule has 0 nitrogen and oxygen atoms in total. The van der Waals surface area contributed by atoms with Gasteiger partial charge in [-0.1, -0.05) is 301 Å². The molecule has 0 amide bonds. The summed E-state index contributed by atoms with van der Waals surface area (Å²) in [5.74, 6) is 0.311. The zero-order valence-electron chi connectivity index (χ0n) is 45.1. The lowest BCUT2D eigenvalue weighted by Gasteiger charge is -2.41. The van der Waals surface area contributed by atoms with Crippen molar-refractivity contribution in [1.82, 2.24) is 0 Å². The van der Waals surface area contributed by atoms with Gasteiger partial charge in [-0.3, -0.25) is 0 Å². The molecule has 0 N–H and O–H groups in total. The molecule has 1 spiro atoms. The molecule has 370 valence electrons. The van der Waals surface area contributed by atoms with Crippen LogP contribution in [0.25, 0.3) is 54.6 Å². The highest BCUT2D eigenvalue weighted by Crippen LogP contribution is 2.59. The van der Waals surface area contributed by atoms with Crippen LogP contribution in [0, 0.1) is 19.8 Å². The Morgan fingerprint density at radius 3 is 1.51 bits per heavy atom. The molecule has 13 rings (SSSR count). The fourth-order valence-electron chi connectivity index (χ4n) is 12.8. The van der Waals surface area contributed by atoms with Gasteiger partial charge in [0.1, 0.15) is 0 Å². The van der Waals surface area contributed by atoms with Crippen molar-refractivity contribution in [2.75, 3.05) is 0 Å². The molecule has 3 aliphatic carbocycles. The fraction of sp³-hybridized carbons (Fsp3) is 0.216. The predicted molar refractivity (Wildman–Crippen MR) is 323 cm³/mol. The van der Waals surface area contributed by atoms with E-state index >= 15 is 0 Å². The summed E-state index contributed by atoms with van der Waals surface area (Å²) >= 11 is 0. The smallest absolute Gasteiger partial charge is 0.0514 e. The first-order chi connectivity index (χ1) is 36.4. The Morgan fingerprint density at radius 1 is 0.405 bits per heavy atom. The predicted octanol–water partition coefficient (Wildman–Crippen LogP) is 20.7. The topological polar surface area (TPSA) is 0 Å². The van der Waals surface area contributed by atoms with Gasteiger partial charge in [-0.05, 0) is 134 Å². The maximum atomic E-state index is 2.43. The highest BCUT2D eigenvalue weighted by atomic mass is 14.5. The average Bonchev–Trinajstić information content (AvgIpc) is 4.08. The van der Waals surface area contributed by atoms with Gasteiger partial charge in [-0.15, -0.1) is 0 Å². The summed E-state index contributed by atoms with van der Waals surface area (Å²) in [6, 6.07) is 80.1. The molecular formula is C74H74. The van der Waals surface area contributed by atoms with Gasteiger partial charge >= 0.3 is 0 Å². The standard InChI is InChI=1S/C27H26.C24H22.C19H14.2C2H6/c1-21-12-11-14-23-13-9-10-19-26(23)27(22(2)20-21,24-15-5-3-6-16-24)25-17-7-4-8-18-25;1-17-8-6-9-18(16-17)19-11-7-12-21-20-10-2-3-13-22(20)24(23(19)21)14-4-5-15-24;1-13-10-11-18-16-8-3-2-6-14(16)15-7-4-5-9-17(15)19(18)12-13;2*1-2/h3-13,15-20,22H,14H2,1-2H3;2-3,6-13,16H,4-5,14-15H2,1H3;2-12H,1H3;2*1-2H3/b12-11-,21-20-;;;;. The molecule has 74 heavy (non-hydrogen) atoms. The molecule has 0 radical (unpaired) electrons. The number of fused-ring (bicyclic) bond motifs is 12. The van der Waals surface area contributed by atoms with Crippen molar-refractivity contribution < 1.29 is 0 Å². The van der Waals surface area contributed by atoms with Crippen LogP contribution < -0.4 is 0 Å². The third-order valence-electron chi connectivity index (χ3n) is 15.8. The lowest BCUT2D eigenvalue weighted by molar-refractivity contribution is 0.477. The van der Waals surface area contributed by atoms with E-state index in [1.807, 2.05) is 27.7 Å². The van der Waals surface area contributed by atoms with E-state index < -0.39 is 0 Å². The molecule has 1 fully saturated rings. The summed E-state index contributed by atoms with van der Waals surface area (Å²) in [7, 11) is 0. The van der Waals surface area contributed by atoms with Crippen molar-refractivity contribution >= 4 is 32.3 Å². The first-order valence-electron chi connectivity index (χ1n) is 27.5. The number of benzene rings is 10.